The highest BCUT2D eigenvalue weighted by atomic mass is 16.5. The minimum Gasteiger partial charge on any atom is -0.376 e. The number of amides is 2. The van der Waals surface area contributed by atoms with Crippen molar-refractivity contribution in [2.75, 3.05) is 26.2 Å². The first-order chi connectivity index (χ1) is 9.34. The quantitative estimate of drug-likeness (QED) is 0.661. The number of rotatable bonds is 5. The van der Waals surface area contributed by atoms with Crippen molar-refractivity contribution in [3.05, 3.63) is 0 Å². The monoisotopic (exact) mass is 269 g/mol. The largest absolute Gasteiger partial charge is 0.376 e. The van der Waals surface area contributed by atoms with Crippen molar-refractivity contribution in [3.8, 4) is 0 Å². The second-order valence-electron chi connectivity index (χ2n) is 5.56. The van der Waals surface area contributed by atoms with E-state index in [-0.39, 0.29) is 6.03 Å². The molecule has 0 radical (unpaired) electrons. The van der Waals surface area contributed by atoms with Gasteiger partial charge in [-0.05, 0) is 38.8 Å². The molecule has 0 aromatic heterocycles. The molecule has 5 heteroatoms. The molecule has 0 bridgehead atoms. The zero-order chi connectivity index (χ0) is 13.3. The molecule has 19 heavy (non-hydrogen) atoms. The topological polar surface area (TPSA) is 62.4 Å². The van der Waals surface area contributed by atoms with Gasteiger partial charge in [-0.25, -0.2) is 4.79 Å². The molecule has 2 rings (SSSR count). The summed E-state index contributed by atoms with van der Waals surface area (Å²) in [6, 6.07) is 0.333. The van der Waals surface area contributed by atoms with E-state index in [0.717, 1.165) is 38.8 Å². The van der Waals surface area contributed by atoms with E-state index in [4.69, 9.17) is 4.74 Å². The lowest BCUT2D eigenvalue weighted by Crippen LogP contribution is -2.44. The van der Waals surface area contributed by atoms with Crippen LogP contribution in [0.2, 0.25) is 0 Å². The van der Waals surface area contributed by atoms with Crippen LogP contribution in [0.15, 0.2) is 0 Å². The molecule has 0 unspecified atom stereocenters. The molecule has 0 spiro atoms. The van der Waals surface area contributed by atoms with Gasteiger partial charge in [-0.15, -0.1) is 0 Å². The average Bonchev–Trinajstić information content (AvgIpc) is 2.46. The van der Waals surface area contributed by atoms with E-state index in [1.165, 1.54) is 19.3 Å². The van der Waals surface area contributed by atoms with Gasteiger partial charge in [0.25, 0.3) is 0 Å². The van der Waals surface area contributed by atoms with E-state index in [1.807, 2.05) is 0 Å². The van der Waals surface area contributed by atoms with Gasteiger partial charge in [-0.3, -0.25) is 0 Å². The second kappa shape index (κ2) is 8.38. The fourth-order valence-electron chi connectivity index (χ4n) is 2.84. The third-order valence-electron chi connectivity index (χ3n) is 3.97. The van der Waals surface area contributed by atoms with Gasteiger partial charge in [0.15, 0.2) is 0 Å². The third kappa shape index (κ3) is 5.78. The Hall–Kier alpha value is -0.810. The first-order valence-electron chi connectivity index (χ1n) is 7.71. The smallest absolute Gasteiger partial charge is 0.315 e. The molecule has 5 nitrogen and oxygen atoms in total. The molecule has 1 saturated heterocycles. The Balaban J connectivity index is 1.48. The molecule has 1 heterocycles. The summed E-state index contributed by atoms with van der Waals surface area (Å²) in [6.45, 7) is 3.30. The lowest BCUT2D eigenvalue weighted by Gasteiger charge is -2.24. The van der Waals surface area contributed by atoms with Gasteiger partial charge in [-0.1, -0.05) is 19.3 Å². The van der Waals surface area contributed by atoms with Crippen LogP contribution < -0.4 is 16.0 Å². The summed E-state index contributed by atoms with van der Waals surface area (Å²) in [5.41, 5.74) is 0. The normalized spacial score (nSPS) is 22.1. The summed E-state index contributed by atoms with van der Waals surface area (Å²) in [5.74, 6) is 0. The predicted molar refractivity (Wildman–Crippen MR) is 75.3 cm³/mol. The third-order valence-corrected chi connectivity index (χ3v) is 3.97. The number of carbonyl (C=O) groups excluding carboxylic acids is 1. The molecule has 0 aromatic rings. The number of ether oxygens (including phenoxy) is 1. The van der Waals surface area contributed by atoms with E-state index in [1.54, 1.807) is 0 Å². The Kier molecular flexibility index (Phi) is 6.44. The minimum atomic E-state index is -0.0409. The van der Waals surface area contributed by atoms with Crippen LogP contribution in [0.1, 0.15) is 44.9 Å². The van der Waals surface area contributed by atoms with E-state index in [0.29, 0.717) is 25.3 Å². The van der Waals surface area contributed by atoms with Crippen LogP contribution in [-0.2, 0) is 4.74 Å². The Morgan fingerprint density at radius 1 is 1.11 bits per heavy atom. The van der Waals surface area contributed by atoms with Gasteiger partial charge in [0.1, 0.15) is 0 Å². The minimum absolute atomic E-state index is 0.0409. The standard InChI is InChI=1S/C14H27N3O2/c18-14(17-12-4-2-1-3-5-12)16-10-11-19-13-6-8-15-9-7-13/h12-13,15H,1-11H2,(H2,16,17,18). The van der Waals surface area contributed by atoms with E-state index >= 15 is 0 Å². The number of carbonyl (C=O) groups is 1. The Morgan fingerprint density at radius 2 is 1.84 bits per heavy atom. The molecule has 3 N–H and O–H groups in total. The van der Waals surface area contributed by atoms with Crippen molar-refractivity contribution in [2.45, 2.75) is 57.1 Å². The molecule has 1 aliphatic heterocycles. The molecule has 2 amide bonds. The van der Waals surface area contributed by atoms with Gasteiger partial charge in [-0.2, -0.15) is 0 Å². The first kappa shape index (κ1) is 14.6. The fourth-order valence-corrected chi connectivity index (χ4v) is 2.84. The zero-order valence-corrected chi connectivity index (χ0v) is 11.7. The summed E-state index contributed by atoms with van der Waals surface area (Å²) < 4.78 is 5.74. The van der Waals surface area contributed by atoms with Gasteiger partial charge in [0, 0.05) is 12.6 Å². The molecule has 1 aliphatic carbocycles. The Morgan fingerprint density at radius 3 is 2.58 bits per heavy atom. The highest BCUT2D eigenvalue weighted by Crippen LogP contribution is 2.17. The summed E-state index contributed by atoms with van der Waals surface area (Å²) in [4.78, 5) is 11.7. The molecule has 1 saturated carbocycles. The van der Waals surface area contributed by atoms with Crippen molar-refractivity contribution < 1.29 is 9.53 Å². The number of piperidine rings is 1. The van der Waals surface area contributed by atoms with Crippen LogP contribution in [0, 0.1) is 0 Å². The molecular formula is C14H27N3O2. The van der Waals surface area contributed by atoms with Crippen molar-refractivity contribution in [2.24, 2.45) is 0 Å². The summed E-state index contributed by atoms with van der Waals surface area (Å²) in [6.07, 6.45) is 8.56. The molecule has 2 aliphatic rings. The number of urea groups is 1. The van der Waals surface area contributed by atoms with Crippen molar-refractivity contribution in [3.63, 3.8) is 0 Å². The molecule has 2 fully saturated rings. The highest BCUT2D eigenvalue weighted by molar-refractivity contribution is 5.74. The SMILES string of the molecule is O=C(NCCOC1CCNCC1)NC1CCCCC1. The zero-order valence-electron chi connectivity index (χ0n) is 11.7. The summed E-state index contributed by atoms with van der Waals surface area (Å²) in [7, 11) is 0. The molecule has 0 aromatic carbocycles. The second-order valence-corrected chi connectivity index (χ2v) is 5.56. The van der Waals surface area contributed by atoms with Crippen molar-refractivity contribution in [1.82, 2.24) is 16.0 Å². The number of nitrogens with one attached hydrogen (secondary N) is 3. The number of hydrogen-bond acceptors (Lipinski definition) is 3. The van der Waals surface area contributed by atoms with Gasteiger partial charge in [0.05, 0.1) is 12.7 Å². The lowest BCUT2D eigenvalue weighted by molar-refractivity contribution is 0.0356. The van der Waals surface area contributed by atoms with Crippen LogP contribution in [0.5, 0.6) is 0 Å². The highest BCUT2D eigenvalue weighted by Gasteiger charge is 2.15. The maximum Gasteiger partial charge on any atom is 0.315 e. The predicted octanol–water partition coefficient (Wildman–Crippen LogP) is 1.39. The molecule has 0 atom stereocenters. The van der Waals surface area contributed by atoms with Crippen LogP contribution in [0.4, 0.5) is 4.79 Å². The van der Waals surface area contributed by atoms with Gasteiger partial charge >= 0.3 is 6.03 Å². The van der Waals surface area contributed by atoms with E-state index < -0.39 is 0 Å². The maximum atomic E-state index is 11.7. The van der Waals surface area contributed by atoms with Crippen molar-refractivity contribution >= 4 is 6.03 Å². The van der Waals surface area contributed by atoms with Gasteiger partial charge in [0.2, 0.25) is 0 Å². The van der Waals surface area contributed by atoms with Crippen LogP contribution in [0.25, 0.3) is 0 Å². The lowest BCUT2D eigenvalue weighted by atomic mass is 9.96. The van der Waals surface area contributed by atoms with Crippen LogP contribution in [-0.4, -0.2) is 44.4 Å². The van der Waals surface area contributed by atoms with E-state index in [9.17, 15) is 4.79 Å². The first-order valence-corrected chi connectivity index (χ1v) is 7.71. The fraction of sp³-hybridized carbons (Fsp3) is 0.929. The average molecular weight is 269 g/mol. The molecule has 110 valence electrons. The Labute approximate surface area is 115 Å². The number of hydrogen-bond donors (Lipinski definition) is 3. The van der Waals surface area contributed by atoms with Crippen LogP contribution >= 0.6 is 0 Å². The van der Waals surface area contributed by atoms with Gasteiger partial charge < -0.3 is 20.7 Å². The Bertz CT molecular complexity index is 261. The van der Waals surface area contributed by atoms with E-state index in [2.05, 4.69) is 16.0 Å². The maximum absolute atomic E-state index is 11.7. The summed E-state index contributed by atoms with van der Waals surface area (Å²) in [5, 5.41) is 9.23. The summed E-state index contributed by atoms with van der Waals surface area (Å²) >= 11 is 0. The van der Waals surface area contributed by atoms with Crippen LogP contribution in [0.3, 0.4) is 0 Å². The van der Waals surface area contributed by atoms with Crippen molar-refractivity contribution in [1.29, 1.82) is 0 Å². The molecular weight excluding hydrogens is 242 g/mol.